The summed E-state index contributed by atoms with van der Waals surface area (Å²) in [6, 6.07) is 6.63. The molecule has 0 aromatic heterocycles. The largest absolute Gasteiger partial charge is 0.458 e. The van der Waals surface area contributed by atoms with Crippen LogP contribution in [0.25, 0.3) is 0 Å². The van der Waals surface area contributed by atoms with Gasteiger partial charge in [0, 0.05) is 5.56 Å². The summed E-state index contributed by atoms with van der Waals surface area (Å²) >= 11 is 0. The van der Waals surface area contributed by atoms with Crippen molar-refractivity contribution in [2.24, 2.45) is 0 Å². The number of hydrogen-bond donors (Lipinski definition) is 0. The highest BCUT2D eigenvalue weighted by atomic mass is 19.4. The molecule has 1 aromatic rings. The smallest absolute Gasteiger partial charge is 0.285 e. The summed E-state index contributed by atoms with van der Waals surface area (Å²) < 4.78 is 35.4. The van der Waals surface area contributed by atoms with Crippen LogP contribution in [0.1, 0.15) is 10.4 Å². The van der Waals surface area contributed by atoms with Crippen LogP contribution in [0.3, 0.4) is 0 Å². The zero-order chi connectivity index (χ0) is 10.8. The fraction of sp³-hybridized carbons (Fsp3) is 0.111. The fourth-order valence-electron chi connectivity index (χ4n) is 0.849. The van der Waals surface area contributed by atoms with Gasteiger partial charge in [-0.05, 0) is 0 Å². The third kappa shape index (κ3) is 2.18. The molecule has 0 atom stereocenters. The lowest BCUT2D eigenvalue weighted by Crippen LogP contribution is -2.30. The Kier molecular flexibility index (Phi) is 2.69. The molecule has 5 heteroatoms. The van der Waals surface area contributed by atoms with Gasteiger partial charge in [-0.2, -0.15) is 13.2 Å². The van der Waals surface area contributed by atoms with Crippen LogP contribution in [0.15, 0.2) is 30.3 Å². The first-order valence-electron chi connectivity index (χ1n) is 3.64. The van der Waals surface area contributed by atoms with E-state index in [0.29, 0.717) is 0 Å². The topological polar surface area (TPSA) is 34.1 Å². The lowest BCUT2D eigenvalue weighted by atomic mass is 10.1. The molecule has 0 unspecified atom stereocenters. The van der Waals surface area contributed by atoms with Crippen molar-refractivity contribution in [1.29, 1.82) is 0 Å². The van der Waals surface area contributed by atoms with Gasteiger partial charge >= 0.3 is 12.0 Å². The van der Waals surface area contributed by atoms with Gasteiger partial charge in [0.2, 0.25) is 5.78 Å². The van der Waals surface area contributed by atoms with Crippen molar-refractivity contribution in [3.63, 3.8) is 0 Å². The Morgan fingerprint density at radius 1 is 1.00 bits per heavy atom. The summed E-state index contributed by atoms with van der Waals surface area (Å²) in [4.78, 5) is 21.4. The summed E-state index contributed by atoms with van der Waals surface area (Å²) in [6.07, 6.45) is -5.10. The molecule has 0 aliphatic carbocycles. The summed E-state index contributed by atoms with van der Waals surface area (Å²) in [5.74, 6) is -3.87. The second-order valence-corrected chi connectivity index (χ2v) is 2.52. The maximum Gasteiger partial charge on any atom is 0.458 e. The number of Topliss-reactive ketones (excluding diaryl/α,β-unsaturated/α-hetero) is 2. The van der Waals surface area contributed by atoms with Crippen LogP contribution in [0.4, 0.5) is 13.2 Å². The second kappa shape index (κ2) is 3.61. The predicted molar refractivity (Wildman–Crippen MR) is 41.8 cm³/mol. The zero-order valence-electron chi connectivity index (χ0n) is 6.84. The molecule has 0 fully saturated rings. The molecule has 0 N–H and O–H groups in total. The van der Waals surface area contributed by atoms with Crippen LogP contribution < -0.4 is 0 Å². The molecule has 0 aliphatic rings. The van der Waals surface area contributed by atoms with E-state index in [2.05, 4.69) is 0 Å². The molecule has 0 spiro atoms. The minimum Gasteiger partial charge on any atom is -0.285 e. The van der Waals surface area contributed by atoms with Gasteiger partial charge < -0.3 is 0 Å². The lowest BCUT2D eigenvalue weighted by Gasteiger charge is -2.03. The predicted octanol–water partition coefficient (Wildman–Crippen LogP) is 2.00. The molecule has 14 heavy (non-hydrogen) atoms. The molecule has 0 saturated carbocycles. The number of rotatable bonds is 2. The molecule has 1 rings (SSSR count). The highest BCUT2D eigenvalue weighted by Gasteiger charge is 2.43. The van der Waals surface area contributed by atoms with Gasteiger partial charge in [-0.1, -0.05) is 30.3 Å². The molecule has 1 aromatic carbocycles. The quantitative estimate of drug-likeness (QED) is 0.543. The second-order valence-electron chi connectivity index (χ2n) is 2.52. The zero-order valence-corrected chi connectivity index (χ0v) is 6.84. The van der Waals surface area contributed by atoms with E-state index in [4.69, 9.17) is 0 Å². The summed E-state index contributed by atoms with van der Waals surface area (Å²) in [5.41, 5.74) is -0.255. The third-order valence-electron chi connectivity index (χ3n) is 1.50. The van der Waals surface area contributed by atoms with Gasteiger partial charge in [-0.15, -0.1) is 0 Å². The molecular formula is C9H5F3O2. The van der Waals surface area contributed by atoms with Crippen molar-refractivity contribution in [2.45, 2.75) is 6.18 Å². The Balaban J connectivity index is 2.93. The van der Waals surface area contributed by atoms with Crippen LogP contribution in [0, 0.1) is 0 Å². The first-order valence-corrected chi connectivity index (χ1v) is 3.64. The Morgan fingerprint density at radius 2 is 1.50 bits per heavy atom. The maximum absolute atomic E-state index is 11.8. The van der Waals surface area contributed by atoms with Crippen molar-refractivity contribution in [1.82, 2.24) is 0 Å². The molecule has 0 heterocycles. The van der Waals surface area contributed by atoms with E-state index in [-0.39, 0.29) is 5.56 Å². The monoisotopic (exact) mass is 202 g/mol. The first kappa shape index (κ1) is 10.4. The first-order chi connectivity index (χ1) is 6.43. The van der Waals surface area contributed by atoms with Crippen molar-refractivity contribution in [2.75, 3.05) is 0 Å². The van der Waals surface area contributed by atoms with Crippen LogP contribution >= 0.6 is 0 Å². The molecule has 0 aliphatic heterocycles. The summed E-state index contributed by atoms with van der Waals surface area (Å²) in [7, 11) is 0. The minimum absolute atomic E-state index is 0.255. The van der Waals surface area contributed by atoms with Crippen LogP contribution in [0.5, 0.6) is 0 Å². The van der Waals surface area contributed by atoms with Gasteiger partial charge in [-0.25, -0.2) is 0 Å². The summed E-state index contributed by atoms with van der Waals surface area (Å²) in [5, 5.41) is 0. The highest BCUT2D eigenvalue weighted by molar-refractivity contribution is 6.45. The van der Waals surface area contributed by atoms with Gasteiger partial charge in [0.05, 0.1) is 0 Å². The van der Waals surface area contributed by atoms with E-state index < -0.39 is 17.7 Å². The number of carbonyl (C=O) groups excluding carboxylic acids is 2. The number of hydrogen-bond acceptors (Lipinski definition) is 2. The average molecular weight is 202 g/mol. The molecular weight excluding hydrogens is 197 g/mol. The van der Waals surface area contributed by atoms with Crippen molar-refractivity contribution < 1.29 is 22.8 Å². The van der Waals surface area contributed by atoms with Crippen LogP contribution in [-0.4, -0.2) is 17.7 Å². The standard InChI is InChI=1S/C9H5F3O2/c10-9(11,12)8(14)7(13)6-4-2-1-3-5-6/h1-5H. The van der Waals surface area contributed by atoms with Gasteiger partial charge in [0.25, 0.3) is 0 Å². The van der Waals surface area contributed by atoms with E-state index in [1.165, 1.54) is 18.2 Å². The molecule has 0 amide bonds. The molecule has 74 valence electrons. The molecule has 0 radical (unpaired) electrons. The Labute approximate surface area is 77.3 Å². The minimum atomic E-state index is -5.10. The highest BCUT2D eigenvalue weighted by Crippen LogP contribution is 2.18. The van der Waals surface area contributed by atoms with Crippen molar-refractivity contribution in [3.8, 4) is 0 Å². The molecule has 0 saturated heterocycles. The van der Waals surface area contributed by atoms with E-state index in [9.17, 15) is 22.8 Å². The van der Waals surface area contributed by atoms with Gasteiger partial charge in [0.15, 0.2) is 0 Å². The number of halogens is 3. The van der Waals surface area contributed by atoms with Crippen molar-refractivity contribution in [3.05, 3.63) is 35.9 Å². The molecule has 0 bridgehead atoms. The van der Waals surface area contributed by atoms with E-state index >= 15 is 0 Å². The van der Waals surface area contributed by atoms with Gasteiger partial charge in [0.1, 0.15) is 0 Å². The number of carbonyl (C=O) groups is 2. The van der Waals surface area contributed by atoms with E-state index in [0.717, 1.165) is 12.1 Å². The third-order valence-corrected chi connectivity index (χ3v) is 1.50. The fourth-order valence-corrected chi connectivity index (χ4v) is 0.849. The summed E-state index contributed by atoms with van der Waals surface area (Å²) in [6.45, 7) is 0. The SMILES string of the molecule is O=C(C(=O)C(F)(F)F)c1ccccc1. The number of benzene rings is 1. The number of alkyl halides is 3. The normalized spacial score (nSPS) is 11.1. The average Bonchev–Trinajstić information content (AvgIpc) is 2.15. The Morgan fingerprint density at radius 3 is 1.93 bits per heavy atom. The number of ketones is 2. The van der Waals surface area contributed by atoms with Gasteiger partial charge in [-0.3, -0.25) is 9.59 Å². The Bertz CT molecular complexity index is 354. The lowest BCUT2D eigenvalue weighted by molar-refractivity contribution is -0.165. The van der Waals surface area contributed by atoms with Crippen LogP contribution in [0.2, 0.25) is 0 Å². The van der Waals surface area contributed by atoms with E-state index in [1.54, 1.807) is 0 Å². The van der Waals surface area contributed by atoms with Crippen molar-refractivity contribution >= 4 is 11.6 Å². The molecule has 2 nitrogen and oxygen atoms in total. The Hall–Kier alpha value is -1.65. The maximum atomic E-state index is 11.8. The van der Waals surface area contributed by atoms with E-state index in [1.807, 2.05) is 0 Å². The van der Waals surface area contributed by atoms with Crippen LogP contribution in [-0.2, 0) is 4.79 Å².